The van der Waals surface area contributed by atoms with Gasteiger partial charge in [-0.15, -0.1) is 0 Å². The van der Waals surface area contributed by atoms with Crippen molar-refractivity contribution in [2.75, 3.05) is 0 Å². The summed E-state index contributed by atoms with van der Waals surface area (Å²) in [5.74, 6) is 0. The van der Waals surface area contributed by atoms with Gasteiger partial charge in [-0.25, -0.2) is 0 Å². The van der Waals surface area contributed by atoms with E-state index in [1.165, 1.54) is 0 Å². The van der Waals surface area contributed by atoms with Crippen LogP contribution in [0.5, 0.6) is 0 Å². The van der Waals surface area contributed by atoms with E-state index in [1.807, 2.05) is 0 Å². The van der Waals surface area contributed by atoms with Gasteiger partial charge in [0.1, 0.15) is 6.29 Å². The van der Waals surface area contributed by atoms with Crippen LogP contribution in [-0.2, 0) is 4.79 Å². The van der Waals surface area contributed by atoms with Crippen molar-refractivity contribution in [2.24, 2.45) is 0 Å². The largest absolute Gasteiger partial charge is 0.304 e. The standard InChI is InChI=1S/C2H3BO/c3-1-2-4/h2H,1H2. The Kier molecular flexibility index (Phi) is 2.55. The van der Waals surface area contributed by atoms with E-state index in [4.69, 9.17) is 4.79 Å². The van der Waals surface area contributed by atoms with Gasteiger partial charge in [-0.1, -0.05) is 0 Å². The Morgan fingerprint density at radius 2 is 2.25 bits per heavy atom. The van der Waals surface area contributed by atoms with Crippen LogP contribution in [0.2, 0.25) is 6.32 Å². The molecule has 0 saturated carbocycles. The number of hydrogen-bond acceptors (Lipinski definition) is 1. The maximum Gasteiger partial charge on any atom is 0.111 e. The molecule has 0 unspecified atom stereocenters. The maximum absolute atomic E-state index is 9.05. The van der Waals surface area contributed by atoms with Gasteiger partial charge in [0.25, 0.3) is 0 Å². The van der Waals surface area contributed by atoms with Crippen LogP contribution in [0.15, 0.2) is 0 Å². The highest BCUT2D eigenvalue weighted by molar-refractivity contribution is 6.15. The van der Waals surface area contributed by atoms with Gasteiger partial charge in [0, 0.05) is 0 Å². The molecule has 4 heavy (non-hydrogen) atoms. The molecule has 0 heterocycles. The van der Waals surface area contributed by atoms with Crippen molar-refractivity contribution in [1.82, 2.24) is 0 Å². The Balaban J connectivity index is 2.30. The van der Waals surface area contributed by atoms with Crippen LogP contribution < -0.4 is 0 Å². The van der Waals surface area contributed by atoms with Crippen molar-refractivity contribution in [3.63, 3.8) is 0 Å². The van der Waals surface area contributed by atoms with Gasteiger partial charge in [0.15, 0.2) is 0 Å². The van der Waals surface area contributed by atoms with E-state index in [-0.39, 0.29) is 6.32 Å². The van der Waals surface area contributed by atoms with Crippen molar-refractivity contribution in [3.8, 4) is 0 Å². The predicted octanol–water partition coefficient (Wildman–Crippen LogP) is -0.228. The monoisotopic (exact) mass is 54.0 g/mol. The number of carbonyl (C=O) groups excluding carboxylic acids is 1. The first kappa shape index (κ1) is 3.73. The van der Waals surface area contributed by atoms with Crippen LogP contribution in [0.3, 0.4) is 0 Å². The zero-order valence-electron chi connectivity index (χ0n) is 2.27. The molecule has 0 aromatic carbocycles. The number of carbonyl (C=O) groups is 1. The van der Waals surface area contributed by atoms with Crippen molar-refractivity contribution in [1.29, 1.82) is 0 Å². The molecular formula is C2H3BO. The molecule has 0 rings (SSSR count). The van der Waals surface area contributed by atoms with E-state index in [0.717, 1.165) is 0 Å². The molecule has 1 nitrogen and oxygen atoms in total. The second-order valence-corrected chi connectivity index (χ2v) is 0.402. The highest BCUT2D eigenvalue weighted by atomic mass is 16.1. The second-order valence-electron chi connectivity index (χ2n) is 0.402. The first-order valence-electron chi connectivity index (χ1n) is 1.05. The van der Waals surface area contributed by atoms with Gasteiger partial charge < -0.3 is 4.79 Å². The second kappa shape index (κ2) is 2.73. The molecule has 0 aliphatic rings. The summed E-state index contributed by atoms with van der Waals surface area (Å²) < 4.78 is 0. The molecule has 0 amide bonds. The Hall–Kier alpha value is -0.265. The van der Waals surface area contributed by atoms with Crippen molar-refractivity contribution >= 4 is 14.1 Å². The van der Waals surface area contributed by atoms with Crippen LogP contribution in [0.4, 0.5) is 0 Å². The molecule has 0 aromatic rings. The summed E-state index contributed by atoms with van der Waals surface area (Å²) >= 11 is 0. The van der Waals surface area contributed by atoms with Gasteiger partial charge in [-0.05, 0) is 6.32 Å². The summed E-state index contributed by atoms with van der Waals surface area (Å²) in [5, 5.41) is 0. The SMILES string of the molecule is [B]CC=O. The smallest absolute Gasteiger partial charge is 0.111 e. The summed E-state index contributed by atoms with van der Waals surface area (Å²) in [6.07, 6.45) is 0.792. The van der Waals surface area contributed by atoms with Crippen LogP contribution in [0.1, 0.15) is 0 Å². The first-order chi connectivity index (χ1) is 1.91. The maximum atomic E-state index is 9.05. The molecule has 0 aliphatic heterocycles. The van der Waals surface area contributed by atoms with Crippen LogP contribution in [-0.4, -0.2) is 14.1 Å². The molecule has 0 N–H and O–H groups in total. The summed E-state index contributed by atoms with van der Waals surface area (Å²) in [7, 11) is 4.66. The van der Waals surface area contributed by atoms with E-state index in [0.29, 0.717) is 6.29 Å². The lowest BCUT2D eigenvalue weighted by atomic mass is 10.1. The van der Waals surface area contributed by atoms with Gasteiger partial charge in [0.2, 0.25) is 0 Å². The fourth-order valence-corrected chi connectivity index (χ4v) is 0. The molecule has 2 radical (unpaired) electrons. The van der Waals surface area contributed by atoms with Gasteiger partial charge in [0.05, 0.1) is 7.85 Å². The van der Waals surface area contributed by atoms with Crippen molar-refractivity contribution in [3.05, 3.63) is 0 Å². The molecule has 0 spiro atoms. The Morgan fingerprint density at radius 1 is 2.00 bits per heavy atom. The third kappa shape index (κ3) is 1.73. The number of rotatable bonds is 1. The minimum Gasteiger partial charge on any atom is -0.304 e. The zero-order chi connectivity index (χ0) is 3.41. The molecule has 0 saturated heterocycles. The van der Waals surface area contributed by atoms with E-state index in [1.54, 1.807) is 0 Å². The topological polar surface area (TPSA) is 17.1 Å². The van der Waals surface area contributed by atoms with E-state index in [9.17, 15) is 0 Å². The van der Waals surface area contributed by atoms with E-state index < -0.39 is 0 Å². The quantitative estimate of drug-likeness (QED) is 0.298. The molecule has 0 bridgehead atoms. The lowest BCUT2D eigenvalue weighted by Gasteiger charge is -1.50. The van der Waals surface area contributed by atoms with E-state index >= 15 is 0 Å². The molecular weight excluding hydrogens is 50.8 g/mol. The summed E-state index contributed by atoms with van der Waals surface area (Å²) in [6.45, 7) is 0. The lowest BCUT2D eigenvalue weighted by Crippen LogP contribution is -1.61. The average molecular weight is 53.9 g/mol. The predicted molar refractivity (Wildman–Crippen MR) is 16.6 cm³/mol. The van der Waals surface area contributed by atoms with Crippen LogP contribution in [0, 0.1) is 0 Å². The third-order valence-electron chi connectivity index (χ3n) is 0.0962. The number of hydrogen-bond donors (Lipinski definition) is 0. The lowest BCUT2D eigenvalue weighted by molar-refractivity contribution is -0.106. The van der Waals surface area contributed by atoms with Crippen molar-refractivity contribution < 1.29 is 4.79 Å². The van der Waals surface area contributed by atoms with Gasteiger partial charge in [-0.3, -0.25) is 0 Å². The summed E-state index contributed by atoms with van der Waals surface area (Å²) in [6, 6.07) is 0. The highest BCUT2D eigenvalue weighted by Crippen LogP contribution is 1.46. The van der Waals surface area contributed by atoms with Crippen LogP contribution >= 0.6 is 0 Å². The number of aldehydes is 1. The molecule has 0 atom stereocenters. The Morgan fingerprint density at radius 3 is 2.25 bits per heavy atom. The Bertz CT molecular complexity index is 20.0. The molecule has 0 fully saturated rings. The summed E-state index contributed by atoms with van der Waals surface area (Å²) in [4.78, 5) is 9.05. The fourth-order valence-electron chi connectivity index (χ4n) is 0. The summed E-state index contributed by atoms with van der Waals surface area (Å²) in [5.41, 5.74) is 0. The average Bonchev–Trinajstić information content (AvgIpc) is 1.37. The minimum absolute atomic E-state index is 0.139. The fraction of sp³-hybridized carbons (Fsp3) is 0.500. The molecule has 0 aromatic heterocycles. The Labute approximate surface area is 26.4 Å². The zero-order valence-corrected chi connectivity index (χ0v) is 2.27. The van der Waals surface area contributed by atoms with Gasteiger partial charge >= 0.3 is 0 Å². The molecule has 0 aliphatic carbocycles. The minimum atomic E-state index is 0.139. The third-order valence-corrected chi connectivity index (χ3v) is 0.0962. The van der Waals surface area contributed by atoms with Gasteiger partial charge in [-0.2, -0.15) is 0 Å². The molecule has 20 valence electrons. The molecule has 2 heteroatoms. The first-order valence-corrected chi connectivity index (χ1v) is 1.05. The van der Waals surface area contributed by atoms with Crippen molar-refractivity contribution in [2.45, 2.75) is 6.32 Å². The highest BCUT2D eigenvalue weighted by Gasteiger charge is 1.53. The van der Waals surface area contributed by atoms with Crippen LogP contribution in [0.25, 0.3) is 0 Å². The van der Waals surface area contributed by atoms with E-state index in [2.05, 4.69) is 7.85 Å². The normalized spacial score (nSPS) is 6.00.